The summed E-state index contributed by atoms with van der Waals surface area (Å²) >= 11 is 0. The van der Waals surface area contributed by atoms with Crippen molar-refractivity contribution in [1.82, 2.24) is 10.2 Å². The highest BCUT2D eigenvalue weighted by atomic mass is 19.1. The van der Waals surface area contributed by atoms with Gasteiger partial charge in [0.2, 0.25) is 11.8 Å². The van der Waals surface area contributed by atoms with Gasteiger partial charge in [0.1, 0.15) is 25.0 Å². The van der Waals surface area contributed by atoms with Crippen molar-refractivity contribution in [3.05, 3.63) is 29.6 Å². The summed E-state index contributed by atoms with van der Waals surface area (Å²) in [5.41, 5.74) is 0.782. The Balaban J connectivity index is 1.86. The molecule has 1 fully saturated rings. The molecule has 1 aromatic rings. The van der Waals surface area contributed by atoms with E-state index in [1.165, 1.54) is 24.0 Å². The van der Waals surface area contributed by atoms with Gasteiger partial charge in [-0.05, 0) is 31.5 Å². The van der Waals surface area contributed by atoms with Gasteiger partial charge in [-0.2, -0.15) is 0 Å². The van der Waals surface area contributed by atoms with Gasteiger partial charge in [0.25, 0.3) is 0 Å². The Kier molecular flexibility index (Phi) is 5.15. The van der Waals surface area contributed by atoms with Crippen LogP contribution in [0.2, 0.25) is 0 Å². The number of aryl methyl sites for hydroxylation is 1. The zero-order chi connectivity index (χ0) is 17.0. The number of benzene rings is 1. The summed E-state index contributed by atoms with van der Waals surface area (Å²) in [6.07, 6.45) is -0.556. The Morgan fingerprint density at radius 3 is 2.78 bits per heavy atom. The fourth-order valence-corrected chi connectivity index (χ4v) is 2.06. The summed E-state index contributed by atoms with van der Waals surface area (Å²) in [7, 11) is 0. The number of amides is 3. The predicted molar refractivity (Wildman–Crippen MR) is 80.3 cm³/mol. The number of cyclic esters (lactones) is 1. The van der Waals surface area contributed by atoms with Crippen molar-refractivity contribution in [2.24, 2.45) is 0 Å². The molecule has 1 aliphatic heterocycles. The van der Waals surface area contributed by atoms with Crippen molar-refractivity contribution in [3.63, 3.8) is 0 Å². The summed E-state index contributed by atoms with van der Waals surface area (Å²) < 4.78 is 18.4. The maximum Gasteiger partial charge on any atom is 0.410 e. The molecule has 8 heteroatoms. The minimum atomic E-state index is -0.873. The van der Waals surface area contributed by atoms with Gasteiger partial charge in [0.05, 0.1) is 12.2 Å². The molecule has 23 heavy (non-hydrogen) atoms. The first-order valence-electron chi connectivity index (χ1n) is 7.15. The van der Waals surface area contributed by atoms with Gasteiger partial charge in [-0.25, -0.2) is 9.18 Å². The number of hydrogen-bond acceptors (Lipinski definition) is 4. The van der Waals surface area contributed by atoms with Crippen molar-refractivity contribution >= 4 is 23.6 Å². The third-order valence-electron chi connectivity index (χ3n) is 3.33. The van der Waals surface area contributed by atoms with E-state index in [1.54, 1.807) is 13.0 Å². The molecule has 2 N–H and O–H groups in total. The van der Waals surface area contributed by atoms with Crippen LogP contribution in [0.4, 0.5) is 14.9 Å². The third-order valence-corrected chi connectivity index (χ3v) is 3.33. The number of nitrogens with zero attached hydrogens (tertiary/aromatic N) is 1. The van der Waals surface area contributed by atoms with Crippen LogP contribution in [0, 0.1) is 12.7 Å². The van der Waals surface area contributed by atoms with Crippen molar-refractivity contribution in [2.45, 2.75) is 19.9 Å². The van der Waals surface area contributed by atoms with E-state index in [0.29, 0.717) is 6.54 Å². The Morgan fingerprint density at radius 2 is 2.17 bits per heavy atom. The lowest BCUT2D eigenvalue weighted by Crippen LogP contribution is -2.46. The first-order valence-corrected chi connectivity index (χ1v) is 7.15. The molecule has 0 aliphatic carbocycles. The van der Waals surface area contributed by atoms with Gasteiger partial charge >= 0.3 is 6.09 Å². The van der Waals surface area contributed by atoms with E-state index in [-0.39, 0.29) is 18.8 Å². The lowest BCUT2D eigenvalue weighted by Gasteiger charge is -2.17. The molecule has 2 rings (SSSR count). The highest BCUT2D eigenvalue weighted by molar-refractivity contribution is 5.97. The standard InChI is InChI=1S/C15H18FN3O4/c1-9-3-4-12(11(16)7-9)18-14(21)10(2)17-13(20)8-19-5-6-23-15(19)22/h3-4,7,10H,5-6,8H2,1-2H3,(H,17,20)(H,18,21)/t10-/m1/s1. The molecule has 124 valence electrons. The topological polar surface area (TPSA) is 87.7 Å². The number of halogens is 1. The second-order valence-electron chi connectivity index (χ2n) is 5.30. The Morgan fingerprint density at radius 1 is 1.43 bits per heavy atom. The SMILES string of the molecule is Cc1ccc(NC(=O)[C@@H](C)NC(=O)CN2CCOC2=O)c(F)c1. The van der Waals surface area contributed by atoms with Crippen molar-refractivity contribution < 1.29 is 23.5 Å². The highest BCUT2D eigenvalue weighted by Gasteiger charge is 2.25. The number of anilines is 1. The van der Waals surface area contributed by atoms with Crippen LogP contribution in [-0.2, 0) is 14.3 Å². The van der Waals surface area contributed by atoms with Crippen molar-refractivity contribution in [1.29, 1.82) is 0 Å². The van der Waals surface area contributed by atoms with E-state index in [2.05, 4.69) is 10.6 Å². The van der Waals surface area contributed by atoms with Crippen LogP contribution in [0.15, 0.2) is 18.2 Å². The number of nitrogens with one attached hydrogen (secondary N) is 2. The zero-order valence-corrected chi connectivity index (χ0v) is 12.9. The molecular weight excluding hydrogens is 305 g/mol. The van der Waals surface area contributed by atoms with Crippen LogP contribution < -0.4 is 10.6 Å². The normalized spacial score (nSPS) is 15.1. The minimum Gasteiger partial charge on any atom is -0.448 e. The summed E-state index contributed by atoms with van der Waals surface area (Å²) in [5, 5.41) is 4.87. The van der Waals surface area contributed by atoms with Gasteiger partial charge in [-0.3, -0.25) is 14.5 Å². The Hall–Kier alpha value is -2.64. The number of rotatable bonds is 5. The maximum atomic E-state index is 13.7. The van der Waals surface area contributed by atoms with Gasteiger partial charge in [0, 0.05) is 0 Å². The van der Waals surface area contributed by atoms with E-state index in [4.69, 9.17) is 4.74 Å². The van der Waals surface area contributed by atoms with E-state index in [1.807, 2.05) is 0 Å². The van der Waals surface area contributed by atoms with Gasteiger partial charge < -0.3 is 15.4 Å². The van der Waals surface area contributed by atoms with Crippen LogP contribution in [0.1, 0.15) is 12.5 Å². The largest absolute Gasteiger partial charge is 0.448 e. The molecule has 1 atom stereocenters. The van der Waals surface area contributed by atoms with Crippen LogP contribution in [0.5, 0.6) is 0 Å². The molecule has 1 saturated heterocycles. The average molecular weight is 323 g/mol. The van der Waals surface area contributed by atoms with Gasteiger partial charge in [0.15, 0.2) is 0 Å². The van der Waals surface area contributed by atoms with Crippen molar-refractivity contribution in [2.75, 3.05) is 25.0 Å². The number of carbonyl (C=O) groups is 3. The smallest absolute Gasteiger partial charge is 0.410 e. The number of ether oxygens (including phenoxy) is 1. The lowest BCUT2D eigenvalue weighted by atomic mass is 10.2. The predicted octanol–water partition coefficient (Wildman–Crippen LogP) is 1.03. The van der Waals surface area contributed by atoms with Gasteiger partial charge in [-0.1, -0.05) is 6.07 Å². The number of hydrogen-bond donors (Lipinski definition) is 2. The lowest BCUT2D eigenvalue weighted by molar-refractivity contribution is -0.126. The van der Waals surface area contributed by atoms with Crippen LogP contribution >= 0.6 is 0 Å². The van der Waals surface area contributed by atoms with Gasteiger partial charge in [-0.15, -0.1) is 0 Å². The van der Waals surface area contributed by atoms with E-state index < -0.39 is 29.8 Å². The molecule has 0 unspecified atom stereocenters. The molecule has 0 radical (unpaired) electrons. The molecule has 0 aromatic heterocycles. The maximum absolute atomic E-state index is 13.7. The van der Waals surface area contributed by atoms with Crippen LogP contribution in [-0.4, -0.2) is 48.5 Å². The first kappa shape index (κ1) is 16.7. The van der Waals surface area contributed by atoms with E-state index in [0.717, 1.165) is 5.56 Å². The van der Waals surface area contributed by atoms with Crippen LogP contribution in [0.3, 0.4) is 0 Å². The molecule has 0 spiro atoms. The minimum absolute atomic E-state index is 0.0461. The fraction of sp³-hybridized carbons (Fsp3) is 0.400. The quantitative estimate of drug-likeness (QED) is 0.847. The summed E-state index contributed by atoms with van der Waals surface area (Å²) in [4.78, 5) is 36.3. The van der Waals surface area contributed by atoms with E-state index in [9.17, 15) is 18.8 Å². The second-order valence-corrected chi connectivity index (χ2v) is 5.30. The third kappa shape index (κ3) is 4.41. The van der Waals surface area contributed by atoms with E-state index >= 15 is 0 Å². The average Bonchev–Trinajstić information content (AvgIpc) is 2.87. The molecular formula is C15H18FN3O4. The second kappa shape index (κ2) is 7.08. The molecule has 0 saturated carbocycles. The van der Waals surface area contributed by atoms with Crippen molar-refractivity contribution in [3.8, 4) is 0 Å². The molecule has 0 bridgehead atoms. The summed E-state index contributed by atoms with van der Waals surface area (Å²) in [6, 6.07) is 3.55. The summed E-state index contributed by atoms with van der Waals surface area (Å²) in [5.74, 6) is -1.59. The zero-order valence-electron chi connectivity index (χ0n) is 12.9. The Labute approximate surface area is 132 Å². The molecule has 1 aromatic carbocycles. The molecule has 1 heterocycles. The first-order chi connectivity index (χ1) is 10.9. The monoisotopic (exact) mass is 323 g/mol. The molecule has 7 nitrogen and oxygen atoms in total. The van der Waals surface area contributed by atoms with Crippen LogP contribution in [0.25, 0.3) is 0 Å². The fourth-order valence-electron chi connectivity index (χ4n) is 2.06. The Bertz CT molecular complexity index is 635. The number of carbonyl (C=O) groups excluding carboxylic acids is 3. The highest BCUT2D eigenvalue weighted by Crippen LogP contribution is 2.15. The summed E-state index contributed by atoms with van der Waals surface area (Å²) in [6.45, 7) is 3.61. The molecule has 3 amide bonds. The molecule has 1 aliphatic rings.